The van der Waals surface area contributed by atoms with Crippen molar-refractivity contribution in [2.45, 2.75) is 52.2 Å². The second-order valence-electron chi connectivity index (χ2n) is 7.83. The first-order valence-electron chi connectivity index (χ1n) is 9.65. The number of nitrogens with zero attached hydrogens (tertiary/aromatic N) is 3. The average Bonchev–Trinajstić information content (AvgIpc) is 3.00. The minimum atomic E-state index is -0.802. The largest absolute Gasteiger partial charge is 0.388 e. The van der Waals surface area contributed by atoms with Gasteiger partial charge in [-0.1, -0.05) is 6.07 Å². The Hall–Kier alpha value is -2.18. The van der Waals surface area contributed by atoms with Crippen LogP contribution in [0.3, 0.4) is 0 Å². The number of carbonyl (C=O) groups is 1. The number of aliphatic hydroxyl groups is 1. The number of benzene rings is 1. The highest BCUT2D eigenvalue weighted by atomic mass is 16.3. The van der Waals surface area contributed by atoms with Gasteiger partial charge in [-0.25, -0.2) is 4.68 Å². The van der Waals surface area contributed by atoms with Gasteiger partial charge in [-0.3, -0.25) is 9.69 Å². The lowest BCUT2D eigenvalue weighted by atomic mass is 9.95. The van der Waals surface area contributed by atoms with Crippen LogP contribution in [0, 0.1) is 13.8 Å². The van der Waals surface area contributed by atoms with Crippen molar-refractivity contribution in [1.82, 2.24) is 20.0 Å². The Morgan fingerprint density at radius 1 is 1.26 bits per heavy atom. The molecule has 0 bridgehead atoms. The highest BCUT2D eigenvalue weighted by Crippen LogP contribution is 2.23. The van der Waals surface area contributed by atoms with Crippen molar-refractivity contribution >= 4 is 5.91 Å². The molecular weight excluding hydrogens is 340 g/mol. The van der Waals surface area contributed by atoms with Crippen LogP contribution >= 0.6 is 0 Å². The number of hydrogen-bond donors (Lipinski definition) is 2. The van der Waals surface area contributed by atoms with E-state index >= 15 is 0 Å². The molecule has 0 aliphatic carbocycles. The normalized spacial score (nSPS) is 21.0. The highest BCUT2D eigenvalue weighted by Gasteiger charge is 2.30. The highest BCUT2D eigenvalue weighted by molar-refractivity contribution is 5.72. The van der Waals surface area contributed by atoms with Gasteiger partial charge in [0.25, 0.3) is 0 Å². The van der Waals surface area contributed by atoms with E-state index in [-0.39, 0.29) is 5.91 Å². The molecule has 146 valence electrons. The van der Waals surface area contributed by atoms with Crippen LogP contribution in [0.2, 0.25) is 0 Å². The number of amides is 1. The fourth-order valence-corrected chi connectivity index (χ4v) is 3.57. The summed E-state index contributed by atoms with van der Waals surface area (Å²) in [6.45, 7) is 8.62. The first kappa shape index (κ1) is 19.6. The molecular formula is C21H30N4O2. The van der Waals surface area contributed by atoms with Crippen molar-refractivity contribution < 1.29 is 9.90 Å². The summed E-state index contributed by atoms with van der Waals surface area (Å²) in [5, 5.41) is 18.0. The molecule has 0 radical (unpaired) electrons. The van der Waals surface area contributed by atoms with E-state index in [9.17, 15) is 9.90 Å². The van der Waals surface area contributed by atoms with Crippen molar-refractivity contribution in [1.29, 1.82) is 0 Å². The minimum absolute atomic E-state index is 0.0942. The average molecular weight is 370 g/mol. The summed E-state index contributed by atoms with van der Waals surface area (Å²) in [5.41, 5.74) is 3.98. The summed E-state index contributed by atoms with van der Waals surface area (Å²) in [6, 6.07) is 6.37. The number of carbonyl (C=O) groups excluding carboxylic acids is 1. The molecule has 1 aliphatic heterocycles. The molecule has 0 unspecified atom stereocenters. The van der Waals surface area contributed by atoms with Crippen LogP contribution in [0.4, 0.5) is 0 Å². The van der Waals surface area contributed by atoms with Gasteiger partial charge in [-0.05, 0) is 62.9 Å². The fraction of sp³-hybridized carbons (Fsp3) is 0.524. The molecule has 1 aromatic carbocycles. The first-order valence-corrected chi connectivity index (χ1v) is 9.65. The van der Waals surface area contributed by atoms with Crippen LogP contribution < -0.4 is 5.32 Å². The number of likely N-dealkylation sites (tertiary alicyclic amines) is 1. The molecule has 27 heavy (non-hydrogen) atoms. The lowest BCUT2D eigenvalue weighted by Gasteiger charge is -2.27. The van der Waals surface area contributed by atoms with Crippen molar-refractivity contribution in [3.05, 3.63) is 47.3 Å². The Kier molecular flexibility index (Phi) is 5.97. The number of aromatic nitrogens is 2. The van der Waals surface area contributed by atoms with E-state index < -0.39 is 5.60 Å². The van der Waals surface area contributed by atoms with E-state index in [2.05, 4.69) is 53.6 Å². The van der Waals surface area contributed by atoms with Crippen LogP contribution in [0.15, 0.2) is 30.6 Å². The smallest absolute Gasteiger partial charge is 0.216 e. The van der Waals surface area contributed by atoms with Gasteiger partial charge in [-0.2, -0.15) is 5.10 Å². The van der Waals surface area contributed by atoms with E-state index in [4.69, 9.17) is 0 Å². The third-order valence-electron chi connectivity index (χ3n) is 5.47. The Labute approximate surface area is 161 Å². The maximum atomic E-state index is 11.1. The zero-order valence-corrected chi connectivity index (χ0v) is 16.5. The van der Waals surface area contributed by atoms with Gasteiger partial charge >= 0.3 is 0 Å². The zero-order chi connectivity index (χ0) is 19.4. The molecule has 1 aliphatic rings. The maximum Gasteiger partial charge on any atom is 0.216 e. The molecule has 2 aromatic rings. The minimum Gasteiger partial charge on any atom is -0.388 e. The molecule has 0 saturated carbocycles. The van der Waals surface area contributed by atoms with Gasteiger partial charge in [-0.15, -0.1) is 0 Å². The van der Waals surface area contributed by atoms with Crippen LogP contribution in [0.5, 0.6) is 0 Å². The van der Waals surface area contributed by atoms with Gasteiger partial charge in [0, 0.05) is 38.3 Å². The summed E-state index contributed by atoms with van der Waals surface area (Å²) in [5.74, 6) is -0.0942. The van der Waals surface area contributed by atoms with E-state index in [1.807, 2.05) is 10.9 Å². The number of hydrogen-bond acceptors (Lipinski definition) is 4. The van der Waals surface area contributed by atoms with E-state index in [1.165, 1.54) is 23.6 Å². The van der Waals surface area contributed by atoms with Crippen molar-refractivity contribution in [2.24, 2.45) is 0 Å². The van der Waals surface area contributed by atoms with Crippen molar-refractivity contribution in [3.63, 3.8) is 0 Å². The Morgan fingerprint density at radius 3 is 2.81 bits per heavy atom. The summed E-state index contributed by atoms with van der Waals surface area (Å²) in [6.07, 6.45) is 6.30. The molecule has 1 amide bonds. The van der Waals surface area contributed by atoms with Crippen molar-refractivity contribution in [3.8, 4) is 5.69 Å². The monoisotopic (exact) mass is 370 g/mol. The zero-order valence-electron chi connectivity index (χ0n) is 16.5. The Morgan fingerprint density at radius 2 is 2.07 bits per heavy atom. The summed E-state index contributed by atoms with van der Waals surface area (Å²) >= 11 is 0. The van der Waals surface area contributed by atoms with Gasteiger partial charge in [0.1, 0.15) is 0 Å². The Balaban J connectivity index is 1.60. The number of nitrogens with one attached hydrogen (secondary N) is 1. The second-order valence-corrected chi connectivity index (χ2v) is 7.83. The second kappa shape index (κ2) is 8.23. The number of aryl methyl sites for hydroxylation is 2. The van der Waals surface area contributed by atoms with E-state index in [1.54, 1.807) is 0 Å². The third-order valence-corrected chi connectivity index (χ3v) is 5.47. The number of rotatable bonds is 5. The van der Waals surface area contributed by atoms with Gasteiger partial charge in [0.2, 0.25) is 5.91 Å². The van der Waals surface area contributed by atoms with Crippen LogP contribution in [0.25, 0.3) is 5.69 Å². The van der Waals surface area contributed by atoms with E-state index in [0.717, 1.165) is 31.7 Å². The molecule has 1 aromatic heterocycles. The lowest BCUT2D eigenvalue weighted by Crippen LogP contribution is -2.42. The molecule has 1 fully saturated rings. The third kappa shape index (κ3) is 5.17. The van der Waals surface area contributed by atoms with Crippen LogP contribution in [0.1, 0.15) is 42.9 Å². The lowest BCUT2D eigenvalue weighted by molar-refractivity contribution is -0.120. The predicted octanol–water partition coefficient (Wildman–Crippen LogP) is 2.34. The van der Waals surface area contributed by atoms with Gasteiger partial charge < -0.3 is 10.4 Å². The molecule has 6 heteroatoms. The van der Waals surface area contributed by atoms with Crippen LogP contribution in [-0.2, 0) is 11.3 Å². The predicted molar refractivity (Wildman–Crippen MR) is 106 cm³/mol. The molecule has 1 saturated heterocycles. The molecule has 6 nitrogen and oxygen atoms in total. The first-order chi connectivity index (χ1) is 12.8. The summed E-state index contributed by atoms with van der Waals surface area (Å²) in [4.78, 5) is 13.5. The van der Waals surface area contributed by atoms with Crippen LogP contribution in [-0.4, -0.2) is 50.9 Å². The molecule has 3 rings (SSSR count). The molecule has 2 N–H and O–H groups in total. The topological polar surface area (TPSA) is 70.4 Å². The Bertz CT molecular complexity index is 801. The summed E-state index contributed by atoms with van der Waals surface area (Å²) in [7, 11) is 0. The molecule has 1 atom stereocenters. The van der Waals surface area contributed by atoms with Gasteiger partial charge in [0.15, 0.2) is 0 Å². The van der Waals surface area contributed by atoms with Gasteiger partial charge in [0.05, 0.1) is 17.5 Å². The molecule has 0 spiro atoms. The fourth-order valence-electron chi connectivity index (χ4n) is 3.57. The quantitative estimate of drug-likeness (QED) is 0.848. The SMILES string of the molecule is CC(=O)NC[C@]1(O)CCCN(Cc2cnn(-c3ccc(C)c(C)c3)c2)CC1. The maximum absolute atomic E-state index is 11.1. The molecule has 2 heterocycles. The van der Waals surface area contributed by atoms with E-state index in [0.29, 0.717) is 19.4 Å². The van der Waals surface area contributed by atoms with Crippen molar-refractivity contribution in [2.75, 3.05) is 19.6 Å². The standard InChI is InChI=1S/C21H30N4O2/c1-16-5-6-20(11-17(16)2)25-14-19(12-23-25)13-24-9-4-7-21(27,8-10-24)15-22-18(3)26/h5-6,11-12,14,27H,4,7-10,13,15H2,1-3H3,(H,22,26)/t21-/m0/s1. The summed E-state index contributed by atoms with van der Waals surface area (Å²) < 4.78 is 1.92.